The molecular formula is C15H20BrNO4. The summed E-state index contributed by atoms with van der Waals surface area (Å²) in [6, 6.07) is 4.91. The Morgan fingerprint density at radius 3 is 2.62 bits per heavy atom. The molecule has 0 atom stereocenters. The van der Waals surface area contributed by atoms with Gasteiger partial charge in [0, 0.05) is 11.1 Å². The number of benzene rings is 1. The first-order valence-electron chi connectivity index (χ1n) is 6.92. The Morgan fingerprint density at radius 2 is 2.00 bits per heavy atom. The van der Waals surface area contributed by atoms with E-state index in [4.69, 9.17) is 9.47 Å². The topological polar surface area (TPSA) is 64.6 Å². The minimum Gasteiger partial charge on any atom is -0.462 e. The summed E-state index contributed by atoms with van der Waals surface area (Å²) in [5, 5.41) is 2.77. The Balaban J connectivity index is 2.56. The van der Waals surface area contributed by atoms with Gasteiger partial charge >= 0.3 is 5.97 Å². The third-order valence-corrected chi connectivity index (χ3v) is 3.23. The zero-order chi connectivity index (χ0) is 15.7. The molecule has 0 saturated carbocycles. The second kappa shape index (κ2) is 9.52. The van der Waals surface area contributed by atoms with Gasteiger partial charge in [-0.2, -0.15) is 0 Å². The smallest absolute Gasteiger partial charge is 0.338 e. The van der Waals surface area contributed by atoms with E-state index in [9.17, 15) is 9.59 Å². The van der Waals surface area contributed by atoms with Gasteiger partial charge in [-0.1, -0.05) is 6.92 Å². The molecule has 6 heteroatoms. The molecule has 0 bridgehead atoms. The van der Waals surface area contributed by atoms with Crippen LogP contribution in [0.3, 0.4) is 0 Å². The molecule has 0 aliphatic heterocycles. The number of hydrogen-bond acceptors (Lipinski definition) is 4. The maximum Gasteiger partial charge on any atom is 0.338 e. The quantitative estimate of drug-likeness (QED) is 0.572. The maximum absolute atomic E-state index is 11.7. The number of ether oxygens (including phenoxy) is 2. The first kappa shape index (κ1) is 17.7. The molecule has 1 amide bonds. The fourth-order valence-electron chi connectivity index (χ4n) is 1.58. The molecule has 0 heterocycles. The largest absolute Gasteiger partial charge is 0.462 e. The number of carbonyl (C=O) groups excluding carboxylic acids is 2. The average Bonchev–Trinajstić information content (AvgIpc) is 2.46. The van der Waals surface area contributed by atoms with Gasteiger partial charge in [-0.25, -0.2) is 4.79 Å². The van der Waals surface area contributed by atoms with E-state index < -0.39 is 0 Å². The number of esters is 1. The number of amides is 1. The molecule has 0 fully saturated rings. The average molecular weight is 358 g/mol. The van der Waals surface area contributed by atoms with Crippen LogP contribution in [0.4, 0.5) is 5.69 Å². The van der Waals surface area contributed by atoms with Crippen molar-refractivity contribution in [3.63, 3.8) is 0 Å². The van der Waals surface area contributed by atoms with Crippen LogP contribution < -0.4 is 5.32 Å². The van der Waals surface area contributed by atoms with E-state index in [0.29, 0.717) is 42.0 Å². The Kier molecular flexibility index (Phi) is 8.00. The Morgan fingerprint density at radius 1 is 1.24 bits per heavy atom. The van der Waals surface area contributed by atoms with E-state index in [2.05, 4.69) is 21.2 Å². The van der Waals surface area contributed by atoms with Gasteiger partial charge in [0.1, 0.15) is 0 Å². The molecule has 1 aromatic rings. The molecule has 21 heavy (non-hydrogen) atoms. The normalized spacial score (nSPS) is 10.2. The van der Waals surface area contributed by atoms with Crippen molar-refractivity contribution in [1.29, 1.82) is 0 Å². The summed E-state index contributed by atoms with van der Waals surface area (Å²) < 4.78 is 10.8. The summed E-state index contributed by atoms with van der Waals surface area (Å²) in [5.74, 6) is -0.514. The number of carbonyl (C=O) groups is 2. The number of hydrogen-bond donors (Lipinski definition) is 1. The second-order valence-electron chi connectivity index (χ2n) is 4.33. The molecule has 116 valence electrons. The third-order valence-electron chi connectivity index (χ3n) is 2.58. The van der Waals surface area contributed by atoms with E-state index in [1.54, 1.807) is 25.1 Å². The van der Waals surface area contributed by atoms with Gasteiger partial charge < -0.3 is 14.8 Å². The lowest BCUT2D eigenvalue weighted by Gasteiger charge is -2.09. The van der Waals surface area contributed by atoms with Crippen LogP contribution in [0.15, 0.2) is 22.7 Å². The Hall–Kier alpha value is -1.40. The summed E-state index contributed by atoms with van der Waals surface area (Å²) in [4.78, 5) is 23.3. The molecule has 0 unspecified atom stereocenters. The first-order chi connectivity index (χ1) is 10.1. The first-order valence-corrected chi connectivity index (χ1v) is 7.72. The van der Waals surface area contributed by atoms with E-state index in [1.807, 2.05) is 6.92 Å². The minimum atomic E-state index is -0.385. The molecule has 1 aromatic carbocycles. The van der Waals surface area contributed by atoms with Crippen LogP contribution in [0.5, 0.6) is 0 Å². The van der Waals surface area contributed by atoms with Crippen LogP contribution >= 0.6 is 15.9 Å². The lowest BCUT2D eigenvalue weighted by Crippen LogP contribution is -2.15. The van der Waals surface area contributed by atoms with Gasteiger partial charge in [0.2, 0.25) is 5.91 Å². The van der Waals surface area contributed by atoms with Crippen LogP contribution in [0.2, 0.25) is 0 Å². The molecule has 0 aliphatic carbocycles. The highest BCUT2D eigenvalue weighted by Crippen LogP contribution is 2.24. The third kappa shape index (κ3) is 6.27. The van der Waals surface area contributed by atoms with Crippen LogP contribution in [0, 0.1) is 0 Å². The van der Waals surface area contributed by atoms with Crippen molar-refractivity contribution in [3.8, 4) is 0 Å². The summed E-state index contributed by atoms with van der Waals surface area (Å²) in [6.07, 6.45) is 1.23. The minimum absolute atomic E-state index is 0.129. The van der Waals surface area contributed by atoms with Gasteiger partial charge in [-0.3, -0.25) is 4.79 Å². The van der Waals surface area contributed by atoms with Crippen molar-refractivity contribution in [2.45, 2.75) is 26.7 Å². The highest BCUT2D eigenvalue weighted by molar-refractivity contribution is 9.10. The molecular weight excluding hydrogens is 338 g/mol. The van der Waals surface area contributed by atoms with Crippen molar-refractivity contribution in [3.05, 3.63) is 28.2 Å². The van der Waals surface area contributed by atoms with Gasteiger partial charge in [-0.05, 0) is 47.5 Å². The van der Waals surface area contributed by atoms with Crippen LogP contribution in [0.1, 0.15) is 37.0 Å². The monoisotopic (exact) mass is 357 g/mol. The van der Waals surface area contributed by atoms with Crippen molar-refractivity contribution in [2.24, 2.45) is 0 Å². The fourth-order valence-corrected chi connectivity index (χ4v) is 2.06. The fraction of sp³-hybridized carbons (Fsp3) is 0.467. The van der Waals surface area contributed by atoms with Gasteiger partial charge in [-0.15, -0.1) is 0 Å². The van der Waals surface area contributed by atoms with Crippen molar-refractivity contribution < 1.29 is 19.1 Å². The van der Waals surface area contributed by atoms with Crippen LogP contribution in [0.25, 0.3) is 0 Å². The van der Waals surface area contributed by atoms with Crippen LogP contribution in [-0.2, 0) is 14.3 Å². The molecule has 1 rings (SSSR count). The zero-order valence-corrected chi connectivity index (χ0v) is 13.9. The summed E-state index contributed by atoms with van der Waals surface area (Å²) in [6.45, 7) is 5.15. The maximum atomic E-state index is 11.7. The van der Waals surface area contributed by atoms with Gasteiger partial charge in [0.05, 0.1) is 30.9 Å². The molecule has 1 N–H and O–H groups in total. The summed E-state index contributed by atoms with van der Waals surface area (Å²) in [7, 11) is 0. The molecule has 0 radical (unpaired) electrons. The molecule has 0 aliphatic rings. The number of anilines is 1. The van der Waals surface area contributed by atoms with E-state index in [0.717, 1.165) is 6.42 Å². The Bertz CT molecular complexity index is 491. The van der Waals surface area contributed by atoms with E-state index in [-0.39, 0.29) is 11.9 Å². The van der Waals surface area contributed by atoms with Crippen molar-refractivity contribution >= 4 is 33.5 Å². The predicted octanol–water partition coefficient (Wildman–Crippen LogP) is 3.38. The molecule has 5 nitrogen and oxygen atoms in total. The number of halogens is 1. The highest BCUT2D eigenvalue weighted by Gasteiger charge is 2.11. The molecule has 0 saturated heterocycles. The lowest BCUT2D eigenvalue weighted by molar-refractivity contribution is -0.117. The van der Waals surface area contributed by atoms with E-state index in [1.165, 1.54) is 0 Å². The second-order valence-corrected chi connectivity index (χ2v) is 5.18. The highest BCUT2D eigenvalue weighted by atomic mass is 79.9. The molecule has 0 aromatic heterocycles. The lowest BCUT2D eigenvalue weighted by atomic mass is 10.2. The summed E-state index contributed by atoms with van der Waals surface area (Å²) in [5.41, 5.74) is 1.05. The SMILES string of the molecule is CCCOCCC(=O)Nc1ccc(C(=O)OCC)cc1Br. The summed E-state index contributed by atoms with van der Waals surface area (Å²) >= 11 is 3.33. The van der Waals surface area contributed by atoms with E-state index >= 15 is 0 Å². The van der Waals surface area contributed by atoms with Crippen molar-refractivity contribution in [2.75, 3.05) is 25.1 Å². The Labute approximate surface area is 133 Å². The van der Waals surface area contributed by atoms with Crippen LogP contribution in [-0.4, -0.2) is 31.7 Å². The molecule has 0 spiro atoms. The number of nitrogens with one attached hydrogen (secondary N) is 1. The predicted molar refractivity (Wildman–Crippen MR) is 84.5 cm³/mol. The van der Waals surface area contributed by atoms with Gasteiger partial charge in [0.25, 0.3) is 0 Å². The van der Waals surface area contributed by atoms with Crippen molar-refractivity contribution in [1.82, 2.24) is 0 Å². The number of rotatable bonds is 8. The zero-order valence-electron chi connectivity index (χ0n) is 12.3. The standard InChI is InChI=1S/C15H20BrNO4/c1-3-8-20-9-7-14(18)17-13-6-5-11(10-12(13)16)15(19)21-4-2/h5-6,10H,3-4,7-9H2,1-2H3,(H,17,18). The van der Waals surface area contributed by atoms with Gasteiger partial charge in [0.15, 0.2) is 0 Å².